The molecular weight excluding hydrogens is 130 g/mol. The standard InChI is InChI=1S/C7H13NS/c8-4-6-1-2-7(3-6)5-9/h3,7,9H,1-2,4-5,8H2/t7-/m0/s1. The van der Waals surface area contributed by atoms with Crippen molar-refractivity contribution < 1.29 is 0 Å². The molecule has 1 atom stereocenters. The number of allylic oxidation sites excluding steroid dienone is 1. The van der Waals surface area contributed by atoms with Crippen LogP contribution in [0.5, 0.6) is 0 Å². The van der Waals surface area contributed by atoms with Crippen LogP contribution in [0.15, 0.2) is 11.6 Å². The topological polar surface area (TPSA) is 26.0 Å². The molecule has 0 saturated heterocycles. The van der Waals surface area contributed by atoms with E-state index in [-0.39, 0.29) is 0 Å². The maximum absolute atomic E-state index is 5.46. The van der Waals surface area contributed by atoms with Gasteiger partial charge in [0.1, 0.15) is 0 Å². The Morgan fingerprint density at radius 3 is 2.89 bits per heavy atom. The summed E-state index contributed by atoms with van der Waals surface area (Å²) in [5, 5.41) is 0. The third-order valence-corrected chi connectivity index (χ3v) is 2.27. The van der Waals surface area contributed by atoms with Crippen LogP contribution in [0.4, 0.5) is 0 Å². The van der Waals surface area contributed by atoms with E-state index in [1.165, 1.54) is 18.4 Å². The van der Waals surface area contributed by atoms with E-state index >= 15 is 0 Å². The highest BCUT2D eigenvalue weighted by molar-refractivity contribution is 7.80. The molecule has 1 nitrogen and oxygen atoms in total. The number of thiol groups is 1. The molecule has 2 N–H and O–H groups in total. The number of hydrogen-bond donors (Lipinski definition) is 2. The molecule has 0 unspecified atom stereocenters. The van der Waals surface area contributed by atoms with Gasteiger partial charge in [-0.15, -0.1) is 0 Å². The molecule has 1 aliphatic rings. The third-order valence-electron chi connectivity index (χ3n) is 1.80. The number of rotatable bonds is 2. The van der Waals surface area contributed by atoms with Crippen molar-refractivity contribution in [1.29, 1.82) is 0 Å². The summed E-state index contributed by atoms with van der Waals surface area (Å²) in [6.45, 7) is 0.740. The highest BCUT2D eigenvalue weighted by Gasteiger charge is 2.11. The van der Waals surface area contributed by atoms with Gasteiger partial charge in [-0.2, -0.15) is 12.6 Å². The molecule has 0 spiro atoms. The van der Waals surface area contributed by atoms with Gasteiger partial charge in [0, 0.05) is 6.54 Å². The molecule has 0 amide bonds. The second-order valence-corrected chi connectivity index (χ2v) is 2.88. The minimum absolute atomic E-state index is 0.701. The molecule has 0 saturated carbocycles. The van der Waals surface area contributed by atoms with Gasteiger partial charge in [0.15, 0.2) is 0 Å². The van der Waals surface area contributed by atoms with Crippen LogP contribution in [0.1, 0.15) is 12.8 Å². The predicted molar refractivity (Wildman–Crippen MR) is 43.7 cm³/mol. The van der Waals surface area contributed by atoms with Crippen molar-refractivity contribution in [3.63, 3.8) is 0 Å². The van der Waals surface area contributed by atoms with Crippen molar-refractivity contribution in [1.82, 2.24) is 0 Å². The Morgan fingerprint density at radius 1 is 1.78 bits per heavy atom. The maximum Gasteiger partial charge on any atom is 0.0136 e. The lowest BCUT2D eigenvalue weighted by Gasteiger charge is -1.97. The summed E-state index contributed by atoms with van der Waals surface area (Å²) in [6.07, 6.45) is 4.73. The smallest absolute Gasteiger partial charge is 0.0136 e. The molecular formula is C7H13NS. The molecule has 52 valence electrons. The second-order valence-electron chi connectivity index (χ2n) is 2.51. The van der Waals surface area contributed by atoms with Crippen molar-refractivity contribution in [2.45, 2.75) is 12.8 Å². The molecule has 0 aromatic heterocycles. The van der Waals surface area contributed by atoms with Gasteiger partial charge in [-0.3, -0.25) is 0 Å². The van der Waals surface area contributed by atoms with Gasteiger partial charge in [-0.25, -0.2) is 0 Å². The Kier molecular flexibility index (Phi) is 2.61. The fourth-order valence-electron chi connectivity index (χ4n) is 1.18. The zero-order valence-corrected chi connectivity index (χ0v) is 6.40. The normalized spacial score (nSPS) is 26.4. The van der Waals surface area contributed by atoms with E-state index in [4.69, 9.17) is 5.73 Å². The first-order chi connectivity index (χ1) is 4.36. The summed E-state index contributed by atoms with van der Waals surface area (Å²) >= 11 is 4.21. The Balaban J connectivity index is 2.40. The Bertz CT molecular complexity index is 120. The molecule has 2 heteroatoms. The minimum atomic E-state index is 0.701. The van der Waals surface area contributed by atoms with Crippen molar-refractivity contribution in [2.24, 2.45) is 11.7 Å². The van der Waals surface area contributed by atoms with E-state index in [1.807, 2.05) is 0 Å². The van der Waals surface area contributed by atoms with Gasteiger partial charge in [0.25, 0.3) is 0 Å². The lowest BCUT2D eigenvalue weighted by atomic mass is 10.2. The minimum Gasteiger partial charge on any atom is -0.327 e. The molecule has 9 heavy (non-hydrogen) atoms. The van der Waals surface area contributed by atoms with Crippen LogP contribution in [0.25, 0.3) is 0 Å². The fourth-order valence-corrected chi connectivity index (χ4v) is 1.47. The Hall–Kier alpha value is 0.0500. The van der Waals surface area contributed by atoms with E-state index in [1.54, 1.807) is 0 Å². The lowest BCUT2D eigenvalue weighted by Crippen LogP contribution is -1.99. The molecule has 1 aliphatic carbocycles. The zero-order valence-electron chi connectivity index (χ0n) is 5.51. The molecule has 0 heterocycles. The predicted octanol–water partition coefficient (Wildman–Crippen LogP) is 1.21. The van der Waals surface area contributed by atoms with Gasteiger partial charge in [0.2, 0.25) is 0 Å². The van der Waals surface area contributed by atoms with Crippen LogP contribution in [0, 0.1) is 5.92 Å². The van der Waals surface area contributed by atoms with E-state index in [2.05, 4.69) is 18.7 Å². The van der Waals surface area contributed by atoms with E-state index in [9.17, 15) is 0 Å². The van der Waals surface area contributed by atoms with Crippen molar-refractivity contribution in [2.75, 3.05) is 12.3 Å². The summed E-state index contributed by atoms with van der Waals surface area (Å²) in [7, 11) is 0. The number of nitrogens with two attached hydrogens (primary N) is 1. The summed E-state index contributed by atoms with van der Waals surface area (Å²) in [4.78, 5) is 0. The van der Waals surface area contributed by atoms with Gasteiger partial charge >= 0.3 is 0 Å². The van der Waals surface area contributed by atoms with Crippen LogP contribution >= 0.6 is 12.6 Å². The average Bonchev–Trinajstić information content (AvgIpc) is 2.34. The van der Waals surface area contributed by atoms with E-state index < -0.39 is 0 Å². The lowest BCUT2D eigenvalue weighted by molar-refractivity contribution is 0.708. The fraction of sp³-hybridized carbons (Fsp3) is 0.714. The van der Waals surface area contributed by atoms with Gasteiger partial charge < -0.3 is 5.73 Å². The summed E-state index contributed by atoms with van der Waals surface area (Å²) in [5.41, 5.74) is 6.87. The average molecular weight is 143 g/mol. The molecule has 0 aromatic rings. The molecule has 0 aromatic carbocycles. The van der Waals surface area contributed by atoms with Crippen molar-refractivity contribution in [3.8, 4) is 0 Å². The maximum atomic E-state index is 5.46. The highest BCUT2D eigenvalue weighted by Crippen LogP contribution is 2.23. The first-order valence-corrected chi connectivity index (χ1v) is 4.00. The Labute approximate surface area is 61.7 Å². The largest absolute Gasteiger partial charge is 0.327 e. The SMILES string of the molecule is NCC1=C[C@@H](CS)CC1. The quantitative estimate of drug-likeness (QED) is 0.441. The summed E-state index contributed by atoms with van der Waals surface area (Å²) in [6, 6.07) is 0. The molecule has 1 rings (SSSR count). The van der Waals surface area contributed by atoms with Gasteiger partial charge in [-0.1, -0.05) is 11.6 Å². The van der Waals surface area contributed by atoms with E-state index in [0.29, 0.717) is 5.92 Å². The third kappa shape index (κ3) is 1.73. The molecule has 0 fully saturated rings. The van der Waals surface area contributed by atoms with Crippen LogP contribution < -0.4 is 5.73 Å². The summed E-state index contributed by atoms with van der Waals surface area (Å²) < 4.78 is 0. The van der Waals surface area contributed by atoms with Crippen molar-refractivity contribution in [3.05, 3.63) is 11.6 Å². The highest BCUT2D eigenvalue weighted by atomic mass is 32.1. The van der Waals surface area contributed by atoms with Crippen LogP contribution in [0.2, 0.25) is 0 Å². The van der Waals surface area contributed by atoms with Gasteiger partial charge in [0.05, 0.1) is 0 Å². The van der Waals surface area contributed by atoms with Crippen molar-refractivity contribution >= 4 is 12.6 Å². The van der Waals surface area contributed by atoms with Gasteiger partial charge in [-0.05, 0) is 24.5 Å². The number of hydrogen-bond acceptors (Lipinski definition) is 2. The zero-order chi connectivity index (χ0) is 6.69. The monoisotopic (exact) mass is 143 g/mol. The summed E-state index contributed by atoms with van der Waals surface area (Å²) in [5.74, 6) is 1.68. The first kappa shape index (κ1) is 7.16. The second kappa shape index (κ2) is 3.28. The molecule has 0 aliphatic heterocycles. The van der Waals surface area contributed by atoms with Crippen LogP contribution in [-0.4, -0.2) is 12.3 Å². The molecule has 0 radical (unpaired) electrons. The van der Waals surface area contributed by atoms with E-state index in [0.717, 1.165) is 12.3 Å². The molecule has 0 bridgehead atoms. The van der Waals surface area contributed by atoms with Crippen LogP contribution in [0.3, 0.4) is 0 Å². The Morgan fingerprint density at radius 2 is 2.56 bits per heavy atom. The first-order valence-electron chi connectivity index (χ1n) is 3.37. The van der Waals surface area contributed by atoms with Crippen LogP contribution in [-0.2, 0) is 0 Å².